The average molecular weight is 617 g/mol. The summed E-state index contributed by atoms with van der Waals surface area (Å²) in [6.45, 7) is 1.14. The number of benzene rings is 1. The number of aliphatic hydroxyl groups is 1. The van der Waals surface area contributed by atoms with Crippen LogP contribution in [0.1, 0.15) is 25.9 Å². The molecule has 3 aromatic rings. The van der Waals surface area contributed by atoms with E-state index in [1.165, 1.54) is 10.9 Å². The molecule has 0 spiro atoms. The summed E-state index contributed by atoms with van der Waals surface area (Å²) in [5.74, 6) is 0.364. The lowest BCUT2D eigenvalue weighted by atomic mass is 9.99. The summed E-state index contributed by atoms with van der Waals surface area (Å²) >= 11 is 12.0. The van der Waals surface area contributed by atoms with E-state index in [9.17, 15) is 9.90 Å². The SMILES string of the molecule is CCOC(=O)[C@H](C)NP(=S)(OC[C@@]1(CCl)O[C@@H](n2cnc3c(NC)nc(C)nc32)[C@@H](F)[C@@H]1O)Oc1ccccc1. The molecule has 1 unspecified atom stereocenters. The fourth-order valence-corrected chi connectivity index (χ4v) is 6.88. The molecule has 4 rings (SSSR count). The lowest BCUT2D eigenvalue weighted by Gasteiger charge is -2.33. The zero-order chi connectivity index (χ0) is 29.1. The van der Waals surface area contributed by atoms with Gasteiger partial charge in [-0.15, -0.1) is 11.6 Å². The smallest absolute Gasteiger partial charge is 0.323 e. The highest BCUT2D eigenvalue weighted by molar-refractivity contribution is 8.09. The number of aryl methyl sites for hydroxylation is 1. The first-order valence-corrected chi connectivity index (χ1v) is 15.6. The molecule has 16 heteroatoms. The second-order valence-electron chi connectivity index (χ2n) is 9.07. The molecule has 40 heavy (non-hydrogen) atoms. The Kier molecular flexibility index (Phi) is 9.61. The molecule has 3 N–H and O–H groups in total. The summed E-state index contributed by atoms with van der Waals surface area (Å²) in [5, 5.41) is 16.9. The number of esters is 1. The van der Waals surface area contributed by atoms with E-state index in [1.54, 1.807) is 58.2 Å². The van der Waals surface area contributed by atoms with Gasteiger partial charge in [0.15, 0.2) is 29.4 Å². The number of carbonyl (C=O) groups excluding carboxylic acids is 1. The van der Waals surface area contributed by atoms with Gasteiger partial charge in [-0.05, 0) is 44.7 Å². The van der Waals surface area contributed by atoms with Gasteiger partial charge in [-0.1, -0.05) is 18.2 Å². The predicted molar refractivity (Wildman–Crippen MR) is 151 cm³/mol. The molecule has 0 radical (unpaired) electrons. The number of ether oxygens (including phenoxy) is 2. The molecule has 1 aliphatic rings. The predicted octanol–water partition coefficient (Wildman–Crippen LogP) is 3.24. The summed E-state index contributed by atoms with van der Waals surface area (Å²) < 4.78 is 40.2. The van der Waals surface area contributed by atoms with Gasteiger partial charge in [-0.3, -0.25) is 9.36 Å². The van der Waals surface area contributed by atoms with Crippen molar-refractivity contribution in [3.63, 3.8) is 0 Å². The average Bonchev–Trinajstić information content (AvgIpc) is 3.46. The van der Waals surface area contributed by atoms with Crippen LogP contribution < -0.4 is 14.9 Å². The van der Waals surface area contributed by atoms with Gasteiger partial charge in [0.2, 0.25) is 0 Å². The van der Waals surface area contributed by atoms with E-state index in [-0.39, 0.29) is 12.5 Å². The second-order valence-corrected chi connectivity index (χ2v) is 12.5. The molecule has 3 heterocycles. The number of fused-ring (bicyclic) bond motifs is 1. The van der Waals surface area contributed by atoms with E-state index in [0.29, 0.717) is 28.6 Å². The number of para-hydroxylation sites is 1. The zero-order valence-corrected chi connectivity index (χ0v) is 24.8. The Labute approximate surface area is 240 Å². The van der Waals surface area contributed by atoms with E-state index < -0.39 is 49.4 Å². The summed E-state index contributed by atoms with van der Waals surface area (Å²) in [7, 11) is 1.68. The van der Waals surface area contributed by atoms with Crippen LogP contribution in [0.25, 0.3) is 11.2 Å². The third-order valence-electron chi connectivity index (χ3n) is 6.18. The number of rotatable bonds is 12. The highest BCUT2D eigenvalue weighted by atomic mass is 35.5. The Bertz CT molecular complexity index is 1390. The normalized spacial score (nSPS) is 24.9. The number of hydrogen-bond acceptors (Lipinski definition) is 11. The molecule has 1 aliphatic heterocycles. The third-order valence-corrected chi connectivity index (χ3v) is 9.11. The Morgan fingerprint density at radius 3 is 2.75 bits per heavy atom. The van der Waals surface area contributed by atoms with Gasteiger partial charge >= 0.3 is 12.6 Å². The van der Waals surface area contributed by atoms with Crippen molar-refractivity contribution >= 4 is 53.0 Å². The minimum absolute atomic E-state index is 0.173. The van der Waals surface area contributed by atoms with Crippen LogP contribution in [0.15, 0.2) is 36.7 Å². The first-order valence-electron chi connectivity index (χ1n) is 12.4. The van der Waals surface area contributed by atoms with Crippen molar-refractivity contribution in [3.05, 3.63) is 42.5 Å². The van der Waals surface area contributed by atoms with Crippen LogP contribution in [0.4, 0.5) is 10.2 Å². The standard InChI is InChI=1S/C24H31ClFN6O6PS/c1-5-35-23(34)14(2)31-39(40,38-16-9-7-6-8-10-16)36-12-24(11-25)19(33)17(26)22(37-24)32-13-28-18-20(27-4)29-15(3)30-21(18)32/h6-10,13-14,17,19,22,33H,5,11-12H2,1-4H3,(H,31,40)(H,27,29,30)/t14-,17-,19-,22+,24+,39?/m0/s1. The maximum Gasteiger partial charge on any atom is 0.323 e. The van der Waals surface area contributed by atoms with Crippen LogP contribution >= 0.6 is 18.2 Å². The molecule has 1 saturated heterocycles. The number of hydrogen-bond donors (Lipinski definition) is 3. The third kappa shape index (κ3) is 6.23. The van der Waals surface area contributed by atoms with Crippen LogP contribution in [0.2, 0.25) is 0 Å². The van der Waals surface area contributed by atoms with Crippen molar-refractivity contribution in [2.45, 2.75) is 50.9 Å². The Hall–Kier alpha value is -2.45. The molecule has 6 atom stereocenters. The number of nitrogens with one attached hydrogen (secondary N) is 2. The van der Waals surface area contributed by atoms with Crippen LogP contribution in [-0.2, 0) is 30.6 Å². The van der Waals surface area contributed by atoms with E-state index >= 15 is 4.39 Å². The number of imidazole rings is 1. The molecule has 0 saturated carbocycles. The van der Waals surface area contributed by atoms with Gasteiger partial charge < -0.3 is 28.9 Å². The largest absolute Gasteiger partial charge is 0.465 e. The van der Waals surface area contributed by atoms with E-state index in [1.807, 2.05) is 0 Å². The maximum atomic E-state index is 15.7. The number of anilines is 1. The summed E-state index contributed by atoms with van der Waals surface area (Å²) in [5.41, 5.74) is -1.01. The first kappa shape index (κ1) is 30.5. The number of alkyl halides is 2. The van der Waals surface area contributed by atoms with E-state index in [4.69, 9.17) is 41.9 Å². The number of carbonyl (C=O) groups is 1. The highest BCUT2D eigenvalue weighted by Gasteiger charge is 2.57. The Balaban J connectivity index is 1.61. The van der Waals surface area contributed by atoms with Crippen molar-refractivity contribution < 1.29 is 32.8 Å². The van der Waals surface area contributed by atoms with Gasteiger partial charge in [0.05, 0.1) is 25.4 Å². The number of aromatic nitrogens is 4. The molecular formula is C24H31ClFN6O6PS. The molecule has 2 aromatic heterocycles. The summed E-state index contributed by atoms with van der Waals surface area (Å²) in [6, 6.07) is 7.73. The van der Waals surface area contributed by atoms with Gasteiger partial charge in [0.1, 0.15) is 29.3 Å². The molecule has 0 amide bonds. The van der Waals surface area contributed by atoms with Crippen molar-refractivity contribution in [3.8, 4) is 5.75 Å². The van der Waals surface area contributed by atoms with Gasteiger partial charge in [-0.2, -0.15) is 0 Å². The molecule has 1 fully saturated rings. The lowest BCUT2D eigenvalue weighted by Crippen LogP contribution is -2.48. The van der Waals surface area contributed by atoms with E-state index in [0.717, 1.165) is 0 Å². The van der Waals surface area contributed by atoms with Gasteiger partial charge in [0.25, 0.3) is 0 Å². The first-order chi connectivity index (χ1) is 19.1. The van der Waals surface area contributed by atoms with Crippen molar-refractivity contribution in [2.24, 2.45) is 0 Å². The maximum absolute atomic E-state index is 15.7. The topological polar surface area (TPSA) is 142 Å². The fraction of sp³-hybridized carbons (Fsp3) is 0.500. The van der Waals surface area contributed by atoms with Gasteiger partial charge in [-0.25, -0.2) is 24.4 Å². The van der Waals surface area contributed by atoms with Crippen molar-refractivity contribution in [2.75, 3.05) is 31.5 Å². The summed E-state index contributed by atoms with van der Waals surface area (Å²) in [4.78, 5) is 25.3. The fourth-order valence-electron chi connectivity index (χ4n) is 4.15. The Morgan fingerprint density at radius 1 is 1.38 bits per heavy atom. The zero-order valence-electron chi connectivity index (χ0n) is 22.3. The lowest BCUT2D eigenvalue weighted by molar-refractivity contribution is -0.144. The van der Waals surface area contributed by atoms with Crippen LogP contribution in [-0.4, -0.2) is 80.7 Å². The second kappa shape index (κ2) is 12.6. The molecule has 0 bridgehead atoms. The molecule has 12 nitrogen and oxygen atoms in total. The van der Waals surface area contributed by atoms with Crippen LogP contribution in [0.5, 0.6) is 5.75 Å². The molecule has 218 valence electrons. The van der Waals surface area contributed by atoms with Crippen LogP contribution in [0, 0.1) is 6.92 Å². The monoisotopic (exact) mass is 616 g/mol. The summed E-state index contributed by atoms with van der Waals surface area (Å²) in [6.07, 6.45) is -3.60. The number of aliphatic hydroxyl groups excluding tert-OH is 1. The number of nitrogens with zero attached hydrogens (tertiary/aromatic N) is 4. The van der Waals surface area contributed by atoms with Crippen molar-refractivity contribution in [1.82, 2.24) is 24.6 Å². The molecule has 0 aliphatic carbocycles. The van der Waals surface area contributed by atoms with Gasteiger partial charge in [0, 0.05) is 7.05 Å². The quantitative estimate of drug-likeness (QED) is 0.156. The minimum atomic E-state index is -3.50. The van der Waals surface area contributed by atoms with Crippen molar-refractivity contribution in [1.29, 1.82) is 0 Å². The molecular weight excluding hydrogens is 586 g/mol. The van der Waals surface area contributed by atoms with E-state index in [2.05, 4.69) is 25.4 Å². The van der Waals surface area contributed by atoms with Crippen LogP contribution in [0.3, 0.4) is 0 Å². The minimum Gasteiger partial charge on any atom is -0.465 e. The highest BCUT2D eigenvalue weighted by Crippen LogP contribution is 2.49. The Morgan fingerprint density at radius 2 is 2.10 bits per heavy atom. The molecule has 1 aromatic carbocycles. The number of halogens is 2.